The van der Waals surface area contributed by atoms with Crippen molar-refractivity contribution in [2.45, 2.75) is 56.4 Å². The number of hydrogen-bond acceptors (Lipinski definition) is 3. The summed E-state index contributed by atoms with van der Waals surface area (Å²) < 4.78 is 0. The van der Waals surface area contributed by atoms with Gasteiger partial charge in [0, 0.05) is 16.2 Å². The number of benzene rings is 1. The normalized spacial score (nSPS) is 16.3. The lowest BCUT2D eigenvalue weighted by Crippen LogP contribution is -2.19. The maximum Gasteiger partial charge on any atom is 0.0631 e. The van der Waals surface area contributed by atoms with Crippen molar-refractivity contribution in [2.75, 3.05) is 6.54 Å². The van der Waals surface area contributed by atoms with Crippen LogP contribution in [-0.4, -0.2) is 23.0 Å². The largest absolute Gasteiger partial charge is 0.392 e. The third kappa shape index (κ3) is 5.01. The van der Waals surface area contributed by atoms with E-state index in [2.05, 4.69) is 50.4 Å². The predicted molar refractivity (Wildman–Crippen MR) is 80.2 cm³/mol. The maximum atomic E-state index is 9.49. The Kier molecular flexibility index (Phi) is 6.76. The topological polar surface area (TPSA) is 32.3 Å². The van der Waals surface area contributed by atoms with Gasteiger partial charge in [-0.15, -0.1) is 11.8 Å². The van der Waals surface area contributed by atoms with Crippen LogP contribution in [0.15, 0.2) is 29.2 Å². The molecule has 2 nitrogen and oxygen atoms in total. The second-order valence-electron chi connectivity index (χ2n) is 4.81. The minimum Gasteiger partial charge on any atom is -0.392 e. The second kappa shape index (κ2) is 7.82. The molecule has 0 spiro atoms. The summed E-state index contributed by atoms with van der Waals surface area (Å²) in [6.07, 6.45) is 0.879. The molecule has 0 aliphatic carbocycles. The maximum absolute atomic E-state index is 9.49. The molecule has 0 radical (unpaired) electrons. The Morgan fingerprint density at radius 2 is 1.78 bits per heavy atom. The smallest absolute Gasteiger partial charge is 0.0631 e. The van der Waals surface area contributed by atoms with Gasteiger partial charge in [-0.1, -0.05) is 26.0 Å². The van der Waals surface area contributed by atoms with Gasteiger partial charge in [0.15, 0.2) is 0 Å². The molecule has 0 amide bonds. The van der Waals surface area contributed by atoms with Crippen molar-refractivity contribution in [3.05, 3.63) is 29.8 Å². The van der Waals surface area contributed by atoms with E-state index < -0.39 is 0 Å². The lowest BCUT2D eigenvalue weighted by atomic mass is 10.1. The molecule has 0 saturated carbocycles. The highest BCUT2D eigenvalue weighted by Crippen LogP contribution is 2.26. The Morgan fingerprint density at radius 1 is 1.17 bits per heavy atom. The molecule has 0 saturated heterocycles. The van der Waals surface area contributed by atoms with Crippen LogP contribution < -0.4 is 5.32 Å². The van der Waals surface area contributed by atoms with Gasteiger partial charge in [-0.25, -0.2) is 0 Å². The van der Waals surface area contributed by atoms with E-state index in [-0.39, 0.29) is 11.4 Å². The summed E-state index contributed by atoms with van der Waals surface area (Å²) in [5.74, 6) is 0. The van der Waals surface area contributed by atoms with Crippen LogP contribution in [0.3, 0.4) is 0 Å². The van der Waals surface area contributed by atoms with Gasteiger partial charge in [-0.2, -0.15) is 0 Å². The van der Waals surface area contributed by atoms with Crippen molar-refractivity contribution in [1.82, 2.24) is 5.32 Å². The molecule has 2 N–H and O–H groups in total. The molecule has 3 atom stereocenters. The summed E-state index contributed by atoms with van der Waals surface area (Å²) in [6.45, 7) is 9.31. The number of aliphatic hydroxyl groups excluding tert-OH is 1. The van der Waals surface area contributed by atoms with Crippen molar-refractivity contribution in [1.29, 1.82) is 0 Å². The zero-order chi connectivity index (χ0) is 13.5. The van der Waals surface area contributed by atoms with E-state index in [0.29, 0.717) is 6.04 Å². The molecule has 0 bridgehead atoms. The summed E-state index contributed by atoms with van der Waals surface area (Å²) in [6, 6.07) is 9.03. The first-order valence-electron chi connectivity index (χ1n) is 6.72. The molecule has 102 valence electrons. The van der Waals surface area contributed by atoms with Gasteiger partial charge in [0.1, 0.15) is 0 Å². The highest BCUT2D eigenvalue weighted by molar-refractivity contribution is 8.00. The molecule has 1 rings (SSSR count). The average molecular weight is 267 g/mol. The minimum absolute atomic E-state index is 0.228. The molecule has 0 heterocycles. The highest BCUT2D eigenvalue weighted by atomic mass is 32.2. The fourth-order valence-electron chi connectivity index (χ4n) is 1.63. The molecule has 0 aliphatic rings. The molecule has 18 heavy (non-hydrogen) atoms. The molecular formula is C15H25NOS. The summed E-state index contributed by atoms with van der Waals surface area (Å²) in [7, 11) is 0. The standard InChI is InChI=1S/C15H25NOS/c1-5-10-16-11(2)14-6-8-15(9-7-14)18-13(4)12(3)17/h6-9,11-13,16-17H,5,10H2,1-4H3. The van der Waals surface area contributed by atoms with E-state index in [0.717, 1.165) is 13.0 Å². The van der Waals surface area contributed by atoms with Gasteiger partial charge in [0.2, 0.25) is 0 Å². The number of thioether (sulfide) groups is 1. The first-order valence-corrected chi connectivity index (χ1v) is 7.60. The van der Waals surface area contributed by atoms with Gasteiger partial charge >= 0.3 is 0 Å². The lowest BCUT2D eigenvalue weighted by molar-refractivity contribution is 0.196. The zero-order valence-electron chi connectivity index (χ0n) is 11.8. The quantitative estimate of drug-likeness (QED) is 0.740. The first-order chi connectivity index (χ1) is 8.54. The van der Waals surface area contributed by atoms with Crippen molar-refractivity contribution >= 4 is 11.8 Å². The van der Waals surface area contributed by atoms with Gasteiger partial charge < -0.3 is 10.4 Å². The van der Waals surface area contributed by atoms with Crippen molar-refractivity contribution in [2.24, 2.45) is 0 Å². The summed E-state index contributed by atoms with van der Waals surface area (Å²) in [4.78, 5) is 1.22. The van der Waals surface area contributed by atoms with E-state index in [9.17, 15) is 5.11 Å². The summed E-state index contributed by atoms with van der Waals surface area (Å²) >= 11 is 1.72. The molecule has 3 unspecified atom stereocenters. The molecule has 0 aromatic heterocycles. The van der Waals surface area contributed by atoms with E-state index in [1.54, 1.807) is 11.8 Å². The van der Waals surface area contributed by atoms with Gasteiger partial charge in [-0.05, 0) is 44.5 Å². The Morgan fingerprint density at radius 3 is 2.28 bits per heavy atom. The van der Waals surface area contributed by atoms with Crippen molar-refractivity contribution in [3.8, 4) is 0 Å². The Hall–Kier alpha value is -0.510. The minimum atomic E-state index is -0.278. The van der Waals surface area contributed by atoms with Crippen LogP contribution in [0.5, 0.6) is 0 Å². The highest BCUT2D eigenvalue weighted by Gasteiger charge is 2.10. The van der Waals surface area contributed by atoms with E-state index in [4.69, 9.17) is 0 Å². The van der Waals surface area contributed by atoms with E-state index >= 15 is 0 Å². The lowest BCUT2D eigenvalue weighted by Gasteiger charge is -2.16. The third-order valence-electron chi connectivity index (χ3n) is 3.08. The molecule has 1 aromatic rings. The fourth-order valence-corrected chi connectivity index (χ4v) is 2.55. The Balaban J connectivity index is 2.56. The third-order valence-corrected chi connectivity index (χ3v) is 4.39. The van der Waals surface area contributed by atoms with Crippen LogP contribution in [-0.2, 0) is 0 Å². The Bertz CT molecular complexity index is 337. The number of nitrogens with one attached hydrogen (secondary N) is 1. The van der Waals surface area contributed by atoms with Crippen molar-refractivity contribution < 1.29 is 5.11 Å². The fraction of sp³-hybridized carbons (Fsp3) is 0.600. The van der Waals surface area contributed by atoms with Crippen LogP contribution in [0.2, 0.25) is 0 Å². The zero-order valence-corrected chi connectivity index (χ0v) is 12.6. The molecule has 1 aromatic carbocycles. The summed E-state index contributed by atoms with van der Waals surface area (Å²) in [5.41, 5.74) is 1.32. The SMILES string of the molecule is CCCNC(C)c1ccc(SC(C)C(C)O)cc1. The van der Waals surface area contributed by atoms with Crippen LogP contribution in [0.4, 0.5) is 0 Å². The second-order valence-corrected chi connectivity index (χ2v) is 6.26. The van der Waals surface area contributed by atoms with Crippen LogP contribution >= 0.6 is 11.8 Å². The van der Waals surface area contributed by atoms with Crippen LogP contribution in [0, 0.1) is 0 Å². The van der Waals surface area contributed by atoms with Crippen LogP contribution in [0.25, 0.3) is 0 Å². The molecule has 0 aliphatic heterocycles. The van der Waals surface area contributed by atoms with Crippen LogP contribution in [0.1, 0.15) is 45.7 Å². The number of aliphatic hydroxyl groups is 1. The molecule has 3 heteroatoms. The molecule has 0 fully saturated rings. The van der Waals surface area contributed by atoms with Crippen molar-refractivity contribution in [3.63, 3.8) is 0 Å². The Labute approximate surface area is 115 Å². The number of hydrogen-bond donors (Lipinski definition) is 2. The van der Waals surface area contributed by atoms with E-state index in [1.807, 2.05) is 6.92 Å². The predicted octanol–water partition coefficient (Wildman–Crippen LogP) is 3.61. The van der Waals surface area contributed by atoms with Gasteiger partial charge in [-0.3, -0.25) is 0 Å². The average Bonchev–Trinajstić information content (AvgIpc) is 2.36. The molecular weight excluding hydrogens is 242 g/mol. The van der Waals surface area contributed by atoms with E-state index in [1.165, 1.54) is 10.5 Å². The number of rotatable bonds is 7. The van der Waals surface area contributed by atoms with Gasteiger partial charge in [0.05, 0.1) is 6.10 Å². The summed E-state index contributed by atoms with van der Waals surface area (Å²) in [5, 5.41) is 13.2. The van der Waals surface area contributed by atoms with Gasteiger partial charge in [0.25, 0.3) is 0 Å². The monoisotopic (exact) mass is 267 g/mol. The first kappa shape index (κ1) is 15.5.